The molecule has 0 bridgehead atoms. The first-order valence-electron chi connectivity index (χ1n) is 4.50. The number of carbonyl (C=O) groups is 1. The molecule has 0 unspecified atom stereocenters. The van der Waals surface area contributed by atoms with Gasteiger partial charge in [-0.15, -0.1) is 0 Å². The zero-order valence-electron chi connectivity index (χ0n) is 8.79. The molecule has 0 saturated carbocycles. The van der Waals surface area contributed by atoms with Crippen molar-refractivity contribution in [3.8, 4) is 6.07 Å². The van der Waals surface area contributed by atoms with Crippen molar-refractivity contribution in [3.05, 3.63) is 33.2 Å². The molecule has 1 heterocycles. The van der Waals surface area contributed by atoms with Gasteiger partial charge in [0, 0.05) is 5.56 Å². The van der Waals surface area contributed by atoms with E-state index in [0.717, 1.165) is 13.2 Å². The fourth-order valence-corrected chi connectivity index (χ4v) is 1.21. The number of methoxy groups -OCH3 is 1. The molecule has 1 aromatic rings. The van der Waals surface area contributed by atoms with Gasteiger partial charge in [-0.05, 0) is 6.07 Å². The maximum absolute atomic E-state index is 12.6. The Morgan fingerprint density at radius 1 is 1.65 bits per heavy atom. The second kappa shape index (κ2) is 5.21. The number of esters is 1. The third-order valence-corrected chi connectivity index (χ3v) is 2.06. The van der Waals surface area contributed by atoms with Crippen LogP contribution < -0.4 is 5.56 Å². The van der Waals surface area contributed by atoms with E-state index in [-0.39, 0.29) is 5.56 Å². The number of aromatic amines is 1. The van der Waals surface area contributed by atoms with Crippen LogP contribution in [0.2, 0.25) is 0 Å². The number of nitrogens with one attached hydrogen (secondary N) is 1. The van der Waals surface area contributed by atoms with Gasteiger partial charge in [0.15, 0.2) is 0 Å². The first-order chi connectivity index (χ1) is 7.99. The number of nitrogens with zero attached hydrogens (tertiary/aromatic N) is 1. The predicted octanol–water partition coefficient (Wildman–Crippen LogP) is 0.900. The summed E-state index contributed by atoms with van der Waals surface area (Å²) >= 11 is 0. The normalized spacial score (nSPS) is 10.1. The van der Waals surface area contributed by atoms with Gasteiger partial charge in [-0.25, -0.2) is 8.78 Å². The first kappa shape index (κ1) is 12.8. The molecule has 0 atom stereocenters. The zero-order chi connectivity index (χ0) is 13.0. The minimum absolute atomic E-state index is 0.161. The molecule has 0 aliphatic heterocycles. The minimum Gasteiger partial charge on any atom is -0.469 e. The lowest BCUT2D eigenvalue weighted by atomic mass is 10.1. The van der Waals surface area contributed by atoms with E-state index in [0.29, 0.717) is 0 Å². The molecular weight excluding hydrogens is 234 g/mol. The maximum Gasteiger partial charge on any atom is 0.310 e. The number of alkyl halides is 2. The molecule has 90 valence electrons. The van der Waals surface area contributed by atoms with Crippen LogP contribution in [0.15, 0.2) is 10.9 Å². The molecule has 0 aliphatic carbocycles. The molecule has 1 N–H and O–H groups in total. The largest absolute Gasteiger partial charge is 0.469 e. The van der Waals surface area contributed by atoms with Crippen molar-refractivity contribution >= 4 is 5.97 Å². The van der Waals surface area contributed by atoms with E-state index in [9.17, 15) is 18.4 Å². The fraction of sp³-hybridized carbons (Fsp3) is 0.300. The Morgan fingerprint density at radius 3 is 2.76 bits per heavy atom. The van der Waals surface area contributed by atoms with Crippen molar-refractivity contribution < 1.29 is 18.3 Å². The van der Waals surface area contributed by atoms with Gasteiger partial charge in [-0.3, -0.25) is 9.59 Å². The van der Waals surface area contributed by atoms with Crippen molar-refractivity contribution in [1.82, 2.24) is 4.98 Å². The minimum atomic E-state index is -2.90. The summed E-state index contributed by atoms with van der Waals surface area (Å²) in [5.41, 5.74) is -2.02. The van der Waals surface area contributed by atoms with Crippen LogP contribution in [0.25, 0.3) is 0 Å². The third kappa shape index (κ3) is 2.87. The van der Waals surface area contributed by atoms with E-state index >= 15 is 0 Å². The summed E-state index contributed by atoms with van der Waals surface area (Å²) in [4.78, 5) is 24.3. The summed E-state index contributed by atoms with van der Waals surface area (Å²) in [7, 11) is 1.12. The summed E-state index contributed by atoms with van der Waals surface area (Å²) in [5.74, 6) is -0.722. The lowest BCUT2D eigenvalue weighted by molar-refractivity contribution is -0.139. The Labute approximate surface area is 94.6 Å². The van der Waals surface area contributed by atoms with E-state index in [1.807, 2.05) is 4.98 Å². The van der Waals surface area contributed by atoms with Crippen LogP contribution in [0.5, 0.6) is 0 Å². The molecule has 17 heavy (non-hydrogen) atoms. The van der Waals surface area contributed by atoms with Crippen molar-refractivity contribution in [3.63, 3.8) is 0 Å². The van der Waals surface area contributed by atoms with Gasteiger partial charge >= 0.3 is 5.97 Å². The van der Waals surface area contributed by atoms with E-state index in [1.54, 1.807) is 0 Å². The number of ether oxygens (including phenoxy) is 1. The van der Waals surface area contributed by atoms with Gasteiger partial charge in [0.25, 0.3) is 12.0 Å². The highest BCUT2D eigenvalue weighted by Crippen LogP contribution is 2.21. The predicted molar refractivity (Wildman–Crippen MR) is 52.5 cm³/mol. The summed E-state index contributed by atoms with van der Waals surface area (Å²) in [6.07, 6.45) is -3.32. The number of carbonyl (C=O) groups excluding carboxylic acids is 1. The quantitative estimate of drug-likeness (QED) is 0.798. The number of rotatable bonds is 3. The van der Waals surface area contributed by atoms with E-state index < -0.39 is 35.6 Å². The standard InChI is InChI=1S/C10H8F2N2O3/c1-17-8(15)3-5-2-6(9(11)12)7(4-13)14-10(5)16/h2,9H,3H2,1H3,(H,14,16). The number of nitriles is 1. The molecule has 0 amide bonds. The summed E-state index contributed by atoms with van der Waals surface area (Å²) in [6, 6.07) is 2.31. The van der Waals surface area contributed by atoms with Gasteiger partial charge in [0.2, 0.25) is 0 Å². The van der Waals surface area contributed by atoms with Crippen LogP contribution >= 0.6 is 0 Å². The molecular formula is C10H8F2N2O3. The van der Waals surface area contributed by atoms with Crippen molar-refractivity contribution in [2.45, 2.75) is 12.8 Å². The average molecular weight is 242 g/mol. The second-order valence-corrected chi connectivity index (χ2v) is 3.12. The fourth-order valence-electron chi connectivity index (χ4n) is 1.21. The Kier molecular flexibility index (Phi) is 3.93. The molecule has 5 nitrogen and oxygen atoms in total. The zero-order valence-corrected chi connectivity index (χ0v) is 8.79. The van der Waals surface area contributed by atoms with Crippen LogP contribution in [-0.4, -0.2) is 18.1 Å². The Balaban J connectivity index is 3.26. The van der Waals surface area contributed by atoms with Crippen LogP contribution in [0.1, 0.15) is 23.2 Å². The summed E-state index contributed by atoms with van der Waals surface area (Å²) in [5, 5.41) is 8.57. The Hall–Kier alpha value is -2.23. The molecule has 1 rings (SSSR count). The molecule has 0 fully saturated rings. The van der Waals surface area contributed by atoms with Crippen LogP contribution in [0, 0.1) is 11.3 Å². The van der Waals surface area contributed by atoms with Gasteiger partial charge in [-0.1, -0.05) is 0 Å². The van der Waals surface area contributed by atoms with Crippen LogP contribution in [-0.2, 0) is 16.0 Å². The Bertz CT molecular complexity index is 531. The molecule has 0 radical (unpaired) electrons. The van der Waals surface area contributed by atoms with Gasteiger partial charge in [-0.2, -0.15) is 5.26 Å². The van der Waals surface area contributed by atoms with E-state index in [1.165, 1.54) is 6.07 Å². The van der Waals surface area contributed by atoms with Gasteiger partial charge < -0.3 is 9.72 Å². The second-order valence-electron chi connectivity index (χ2n) is 3.12. The topological polar surface area (TPSA) is 82.9 Å². The number of hydrogen-bond donors (Lipinski definition) is 1. The molecule has 1 aromatic heterocycles. The summed E-state index contributed by atoms with van der Waals surface area (Å²) < 4.78 is 29.4. The van der Waals surface area contributed by atoms with E-state index in [2.05, 4.69) is 4.74 Å². The van der Waals surface area contributed by atoms with Crippen LogP contribution in [0.3, 0.4) is 0 Å². The van der Waals surface area contributed by atoms with Crippen molar-refractivity contribution in [2.24, 2.45) is 0 Å². The SMILES string of the molecule is COC(=O)Cc1cc(C(F)F)c(C#N)[nH]c1=O. The molecule has 0 spiro atoms. The summed E-state index contributed by atoms with van der Waals surface area (Å²) in [6.45, 7) is 0. The molecule has 7 heteroatoms. The van der Waals surface area contributed by atoms with Gasteiger partial charge in [0.1, 0.15) is 11.8 Å². The highest BCUT2D eigenvalue weighted by Gasteiger charge is 2.17. The molecule has 0 aromatic carbocycles. The monoisotopic (exact) mass is 242 g/mol. The lowest BCUT2D eigenvalue weighted by Gasteiger charge is -2.05. The molecule has 0 aliphatic rings. The maximum atomic E-state index is 12.6. The van der Waals surface area contributed by atoms with Crippen LogP contribution in [0.4, 0.5) is 8.78 Å². The Morgan fingerprint density at radius 2 is 2.29 bits per heavy atom. The number of aromatic nitrogens is 1. The van der Waals surface area contributed by atoms with Gasteiger partial charge in [0.05, 0.1) is 19.1 Å². The third-order valence-electron chi connectivity index (χ3n) is 2.06. The lowest BCUT2D eigenvalue weighted by Crippen LogP contribution is -2.19. The number of H-pyrrole nitrogens is 1. The number of halogens is 2. The smallest absolute Gasteiger partial charge is 0.310 e. The first-order valence-corrected chi connectivity index (χ1v) is 4.50. The highest BCUT2D eigenvalue weighted by atomic mass is 19.3. The number of hydrogen-bond acceptors (Lipinski definition) is 4. The molecule has 0 saturated heterocycles. The highest BCUT2D eigenvalue weighted by molar-refractivity contribution is 5.72. The van der Waals surface area contributed by atoms with Crippen molar-refractivity contribution in [1.29, 1.82) is 5.26 Å². The van der Waals surface area contributed by atoms with E-state index in [4.69, 9.17) is 5.26 Å². The van der Waals surface area contributed by atoms with Crippen molar-refractivity contribution in [2.75, 3.05) is 7.11 Å². The average Bonchev–Trinajstić information content (AvgIpc) is 2.30. The number of pyridine rings is 1.